The fourth-order valence-corrected chi connectivity index (χ4v) is 3.64. The molecule has 25 heavy (non-hydrogen) atoms. The first-order chi connectivity index (χ1) is 11.8. The molecule has 3 amide bonds. The summed E-state index contributed by atoms with van der Waals surface area (Å²) in [5.41, 5.74) is -0.453. The monoisotopic (exact) mass is 353 g/mol. The van der Waals surface area contributed by atoms with Crippen LogP contribution in [0.1, 0.15) is 65.7 Å². The molecule has 144 valence electrons. The molecule has 0 spiro atoms. The van der Waals surface area contributed by atoms with Gasteiger partial charge >= 0.3 is 12.1 Å². The molecule has 6 nitrogen and oxygen atoms in total. The molecule has 0 aromatic rings. The average molecular weight is 354 g/mol. The van der Waals surface area contributed by atoms with Crippen LogP contribution in [-0.4, -0.2) is 60.2 Å². The van der Waals surface area contributed by atoms with Crippen molar-refractivity contribution in [3.8, 4) is 0 Å². The lowest BCUT2D eigenvalue weighted by atomic mass is 9.94. The van der Waals surface area contributed by atoms with Crippen LogP contribution < -0.4 is 5.32 Å². The maximum absolute atomic E-state index is 12.3. The fourth-order valence-electron chi connectivity index (χ4n) is 3.64. The van der Waals surface area contributed by atoms with Crippen LogP contribution in [0.2, 0.25) is 0 Å². The van der Waals surface area contributed by atoms with E-state index in [2.05, 4.69) is 5.32 Å². The van der Waals surface area contributed by atoms with Crippen molar-refractivity contribution in [3.63, 3.8) is 0 Å². The maximum atomic E-state index is 12.3. The van der Waals surface area contributed by atoms with E-state index < -0.39 is 5.60 Å². The van der Waals surface area contributed by atoms with E-state index in [1.165, 1.54) is 19.3 Å². The van der Waals surface area contributed by atoms with Gasteiger partial charge in [-0.15, -0.1) is 0 Å². The smallest absolute Gasteiger partial charge is 0.410 e. The van der Waals surface area contributed by atoms with Crippen molar-refractivity contribution in [3.05, 3.63) is 0 Å². The number of nitrogens with zero attached hydrogens (tertiary/aromatic N) is 2. The van der Waals surface area contributed by atoms with Crippen LogP contribution in [0.5, 0.6) is 0 Å². The van der Waals surface area contributed by atoms with Crippen molar-refractivity contribution in [1.82, 2.24) is 15.1 Å². The van der Waals surface area contributed by atoms with Gasteiger partial charge in [0.25, 0.3) is 0 Å². The molecule has 1 aliphatic carbocycles. The topological polar surface area (TPSA) is 61.9 Å². The number of carbonyl (C=O) groups is 2. The quantitative estimate of drug-likeness (QED) is 0.843. The minimum atomic E-state index is -0.453. The number of carbonyl (C=O) groups excluding carboxylic acids is 2. The Labute approximate surface area is 152 Å². The van der Waals surface area contributed by atoms with Gasteiger partial charge < -0.3 is 19.9 Å². The molecule has 1 saturated carbocycles. The van der Waals surface area contributed by atoms with Gasteiger partial charge in [0, 0.05) is 32.7 Å². The number of urea groups is 1. The summed E-state index contributed by atoms with van der Waals surface area (Å²) in [6.07, 6.45) is 7.58. The SMILES string of the molecule is CN(C(=O)NCC1CCN(C(=O)OC(C)(C)C)CC1)C1CCCCC1. The Hall–Kier alpha value is -1.46. The fraction of sp³-hybridized carbons (Fsp3) is 0.895. The molecule has 0 bridgehead atoms. The second kappa shape index (κ2) is 8.77. The highest BCUT2D eigenvalue weighted by atomic mass is 16.6. The summed E-state index contributed by atoms with van der Waals surface area (Å²) in [7, 11) is 1.91. The molecule has 2 fully saturated rings. The van der Waals surface area contributed by atoms with Crippen molar-refractivity contribution >= 4 is 12.1 Å². The van der Waals surface area contributed by atoms with E-state index in [1.807, 2.05) is 32.7 Å². The minimum absolute atomic E-state index is 0.0430. The summed E-state index contributed by atoms with van der Waals surface area (Å²) in [6, 6.07) is 0.434. The number of amides is 3. The summed E-state index contributed by atoms with van der Waals surface area (Å²) >= 11 is 0. The lowest BCUT2D eigenvalue weighted by Gasteiger charge is -2.34. The second-order valence-corrected chi connectivity index (χ2v) is 8.50. The van der Waals surface area contributed by atoms with E-state index >= 15 is 0 Å². The Morgan fingerprint density at radius 3 is 2.24 bits per heavy atom. The zero-order chi connectivity index (χ0) is 18.4. The summed E-state index contributed by atoms with van der Waals surface area (Å²) in [6.45, 7) is 7.75. The van der Waals surface area contributed by atoms with Gasteiger partial charge in [0.1, 0.15) is 5.60 Å². The van der Waals surface area contributed by atoms with Gasteiger partial charge in [0.05, 0.1) is 0 Å². The number of piperidine rings is 1. The highest BCUT2D eigenvalue weighted by Crippen LogP contribution is 2.22. The number of nitrogens with one attached hydrogen (secondary N) is 1. The zero-order valence-corrected chi connectivity index (χ0v) is 16.3. The first-order valence-electron chi connectivity index (χ1n) is 9.75. The zero-order valence-electron chi connectivity index (χ0n) is 16.3. The largest absolute Gasteiger partial charge is 0.444 e. The Morgan fingerprint density at radius 1 is 1.08 bits per heavy atom. The number of rotatable bonds is 3. The van der Waals surface area contributed by atoms with Crippen LogP contribution in [0.15, 0.2) is 0 Å². The number of hydrogen-bond donors (Lipinski definition) is 1. The van der Waals surface area contributed by atoms with Crippen molar-refractivity contribution in [2.45, 2.75) is 77.4 Å². The van der Waals surface area contributed by atoms with E-state index in [0.717, 1.165) is 25.7 Å². The standard InChI is InChI=1S/C19H35N3O3/c1-19(2,3)25-18(24)22-12-10-15(11-13-22)14-20-17(23)21(4)16-8-6-5-7-9-16/h15-16H,5-14H2,1-4H3,(H,20,23). The van der Waals surface area contributed by atoms with Crippen LogP contribution in [0, 0.1) is 5.92 Å². The van der Waals surface area contributed by atoms with Gasteiger partial charge in [-0.25, -0.2) is 9.59 Å². The van der Waals surface area contributed by atoms with Gasteiger partial charge in [-0.1, -0.05) is 19.3 Å². The number of hydrogen-bond acceptors (Lipinski definition) is 3. The molecule has 0 aromatic heterocycles. The molecule has 2 rings (SSSR count). The minimum Gasteiger partial charge on any atom is -0.444 e. The summed E-state index contributed by atoms with van der Waals surface area (Å²) in [4.78, 5) is 28.1. The molecular formula is C19H35N3O3. The molecule has 6 heteroatoms. The van der Waals surface area contributed by atoms with Crippen molar-refractivity contribution in [2.24, 2.45) is 5.92 Å². The third-order valence-electron chi connectivity index (χ3n) is 5.25. The third-order valence-corrected chi connectivity index (χ3v) is 5.25. The van der Waals surface area contributed by atoms with E-state index in [4.69, 9.17) is 4.74 Å². The van der Waals surface area contributed by atoms with Crippen LogP contribution in [-0.2, 0) is 4.74 Å². The molecule has 1 aliphatic heterocycles. The maximum Gasteiger partial charge on any atom is 0.410 e. The van der Waals surface area contributed by atoms with Gasteiger partial charge in [0.15, 0.2) is 0 Å². The molecule has 1 saturated heterocycles. The lowest BCUT2D eigenvalue weighted by molar-refractivity contribution is 0.0184. The predicted molar refractivity (Wildman–Crippen MR) is 98.6 cm³/mol. The molecular weight excluding hydrogens is 318 g/mol. The molecule has 1 heterocycles. The third kappa shape index (κ3) is 6.40. The molecule has 0 aromatic carbocycles. The molecule has 2 aliphatic rings. The first-order valence-corrected chi connectivity index (χ1v) is 9.75. The van der Waals surface area contributed by atoms with E-state index in [-0.39, 0.29) is 12.1 Å². The van der Waals surface area contributed by atoms with E-state index in [0.29, 0.717) is 31.6 Å². The molecule has 1 N–H and O–H groups in total. The summed E-state index contributed by atoms with van der Waals surface area (Å²) in [5, 5.41) is 3.08. The highest BCUT2D eigenvalue weighted by molar-refractivity contribution is 5.74. The van der Waals surface area contributed by atoms with E-state index in [9.17, 15) is 9.59 Å². The van der Waals surface area contributed by atoms with Crippen molar-refractivity contribution < 1.29 is 14.3 Å². The number of likely N-dealkylation sites (tertiary alicyclic amines) is 1. The summed E-state index contributed by atoms with van der Waals surface area (Å²) < 4.78 is 5.42. The first kappa shape index (κ1) is 19.9. The Morgan fingerprint density at radius 2 is 1.68 bits per heavy atom. The average Bonchev–Trinajstić information content (AvgIpc) is 2.58. The Kier molecular flexibility index (Phi) is 6.96. The predicted octanol–water partition coefficient (Wildman–Crippen LogP) is 3.61. The Bertz CT molecular complexity index is 447. The molecule has 0 unspecified atom stereocenters. The molecule has 0 atom stereocenters. The summed E-state index contributed by atoms with van der Waals surface area (Å²) in [5.74, 6) is 0.433. The van der Waals surface area contributed by atoms with Crippen molar-refractivity contribution in [2.75, 3.05) is 26.7 Å². The Balaban J connectivity index is 1.67. The van der Waals surface area contributed by atoms with Gasteiger partial charge in [-0.05, 0) is 52.4 Å². The van der Waals surface area contributed by atoms with Gasteiger partial charge in [0.2, 0.25) is 0 Å². The number of ether oxygens (including phenoxy) is 1. The van der Waals surface area contributed by atoms with Crippen molar-refractivity contribution in [1.29, 1.82) is 0 Å². The van der Waals surface area contributed by atoms with Crippen LogP contribution in [0.4, 0.5) is 9.59 Å². The van der Waals surface area contributed by atoms with Crippen LogP contribution in [0.25, 0.3) is 0 Å². The highest BCUT2D eigenvalue weighted by Gasteiger charge is 2.28. The van der Waals surface area contributed by atoms with Crippen LogP contribution >= 0.6 is 0 Å². The van der Waals surface area contributed by atoms with E-state index in [1.54, 1.807) is 4.90 Å². The lowest BCUT2D eigenvalue weighted by Crippen LogP contribution is -2.47. The van der Waals surface area contributed by atoms with Gasteiger partial charge in [-0.3, -0.25) is 0 Å². The second-order valence-electron chi connectivity index (χ2n) is 8.50. The van der Waals surface area contributed by atoms with Gasteiger partial charge in [-0.2, -0.15) is 0 Å². The normalized spacial score (nSPS) is 20.2. The van der Waals surface area contributed by atoms with Crippen LogP contribution in [0.3, 0.4) is 0 Å². The molecule has 0 radical (unpaired) electrons.